The highest BCUT2D eigenvalue weighted by molar-refractivity contribution is 9.10. The van der Waals surface area contributed by atoms with Crippen molar-refractivity contribution in [3.63, 3.8) is 0 Å². The number of nitrogens with zero attached hydrogens (tertiary/aromatic N) is 1. The summed E-state index contributed by atoms with van der Waals surface area (Å²) in [6.07, 6.45) is 1.67. The molecule has 2 nitrogen and oxygen atoms in total. The van der Waals surface area contributed by atoms with Crippen LogP contribution in [0.25, 0.3) is 11.4 Å². The van der Waals surface area contributed by atoms with Gasteiger partial charge in [-0.25, -0.2) is 9.37 Å². The molecule has 0 saturated carbocycles. The van der Waals surface area contributed by atoms with E-state index >= 15 is 0 Å². The van der Waals surface area contributed by atoms with Crippen LogP contribution in [0.2, 0.25) is 0 Å². The van der Waals surface area contributed by atoms with Crippen molar-refractivity contribution in [3.05, 3.63) is 40.9 Å². The van der Waals surface area contributed by atoms with Crippen molar-refractivity contribution in [2.75, 3.05) is 0 Å². The average molecular weight is 241 g/mol. The number of aromatic nitrogens is 2. The Balaban J connectivity index is 2.41. The van der Waals surface area contributed by atoms with E-state index in [1.165, 1.54) is 12.1 Å². The van der Waals surface area contributed by atoms with Crippen LogP contribution in [0.5, 0.6) is 0 Å². The largest absolute Gasteiger partial charge is 0.333 e. The van der Waals surface area contributed by atoms with Crippen LogP contribution in [0.1, 0.15) is 0 Å². The molecule has 0 aliphatic heterocycles. The molecule has 0 saturated heterocycles. The fraction of sp³-hybridized carbons (Fsp3) is 0. The van der Waals surface area contributed by atoms with Crippen LogP contribution >= 0.6 is 15.9 Å². The molecule has 1 aromatic carbocycles. The van der Waals surface area contributed by atoms with Crippen molar-refractivity contribution in [1.82, 2.24) is 9.97 Å². The molecule has 0 unspecified atom stereocenters. The molecule has 0 fully saturated rings. The molecule has 13 heavy (non-hydrogen) atoms. The van der Waals surface area contributed by atoms with Crippen molar-refractivity contribution >= 4 is 15.9 Å². The molecule has 1 N–H and O–H groups in total. The van der Waals surface area contributed by atoms with Crippen LogP contribution in [0.3, 0.4) is 0 Å². The SMILES string of the molecule is Fc1ccc(-c2ncc(Br)[nH]2)cc1. The predicted molar refractivity (Wildman–Crippen MR) is 51.7 cm³/mol. The number of benzene rings is 1. The summed E-state index contributed by atoms with van der Waals surface area (Å²) in [5.74, 6) is 0.487. The van der Waals surface area contributed by atoms with Crippen LogP contribution in [-0.2, 0) is 0 Å². The number of aromatic amines is 1. The van der Waals surface area contributed by atoms with E-state index < -0.39 is 0 Å². The quantitative estimate of drug-likeness (QED) is 0.816. The number of H-pyrrole nitrogens is 1. The lowest BCUT2D eigenvalue weighted by Crippen LogP contribution is -1.80. The van der Waals surface area contributed by atoms with E-state index in [4.69, 9.17) is 0 Å². The van der Waals surface area contributed by atoms with Crippen molar-refractivity contribution < 1.29 is 4.39 Å². The number of imidazole rings is 1. The molecule has 0 aliphatic rings. The second-order valence-corrected chi connectivity index (χ2v) is 3.44. The number of rotatable bonds is 1. The van der Waals surface area contributed by atoms with Crippen LogP contribution in [0.4, 0.5) is 4.39 Å². The Kier molecular flexibility index (Phi) is 2.14. The maximum atomic E-state index is 12.6. The Labute approximate surface area is 83.0 Å². The summed E-state index contributed by atoms with van der Waals surface area (Å²) in [5, 5.41) is 0. The number of hydrogen-bond donors (Lipinski definition) is 1. The predicted octanol–water partition coefficient (Wildman–Crippen LogP) is 2.98. The Hall–Kier alpha value is -1.16. The van der Waals surface area contributed by atoms with E-state index in [1.807, 2.05) is 0 Å². The third-order valence-corrected chi connectivity index (χ3v) is 2.07. The lowest BCUT2D eigenvalue weighted by Gasteiger charge is -1.94. The average Bonchev–Trinajstić information content (AvgIpc) is 2.53. The molecule has 2 rings (SSSR count). The molecule has 4 heteroatoms. The van der Waals surface area contributed by atoms with E-state index in [2.05, 4.69) is 25.9 Å². The molecular weight excluding hydrogens is 235 g/mol. The molecule has 66 valence electrons. The van der Waals surface area contributed by atoms with Crippen molar-refractivity contribution in [1.29, 1.82) is 0 Å². The molecule has 1 aromatic heterocycles. The number of halogens is 2. The Morgan fingerprint density at radius 2 is 1.92 bits per heavy atom. The van der Waals surface area contributed by atoms with Gasteiger partial charge in [-0.05, 0) is 40.2 Å². The molecule has 0 spiro atoms. The normalized spacial score (nSPS) is 10.3. The second-order valence-electron chi connectivity index (χ2n) is 2.59. The van der Waals surface area contributed by atoms with Crippen LogP contribution in [-0.4, -0.2) is 9.97 Å². The smallest absolute Gasteiger partial charge is 0.138 e. The maximum Gasteiger partial charge on any atom is 0.138 e. The molecule has 0 atom stereocenters. The molecule has 2 aromatic rings. The molecule has 0 aliphatic carbocycles. The zero-order valence-electron chi connectivity index (χ0n) is 6.59. The van der Waals surface area contributed by atoms with Crippen molar-refractivity contribution in [3.8, 4) is 11.4 Å². The second kappa shape index (κ2) is 3.30. The van der Waals surface area contributed by atoms with Gasteiger partial charge in [0.25, 0.3) is 0 Å². The van der Waals surface area contributed by atoms with Crippen molar-refractivity contribution in [2.45, 2.75) is 0 Å². The van der Waals surface area contributed by atoms with E-state index in [9.17, 15) is 4.39 Å². The van der Waals surface area contributed by atoms with Gasteiger partial charge < -0.3 is 4.98 Å². The minimum Gasteiger partial charge on any atom is -0.333 e. The zero-order chi connectivity index (χ0) is 9.26. The Morgan fingerprint density at radius 1 is 1.23 bits per heavy atom. The van der Waals surface area contributed by atoms with E-state index in [0.717, 1.165) is 16.0 Å². The standard InChI is InChI=1S/C9H6BrFN2/c10-8-5-12-9(13-8)6-1-3-7(11)4-2-6/h1-5H,(H,12,13). The van der Waals surface area contributed by atoms with Gasteiger partial charge in [0.1, 0.15) is 16.2 Å². The fourth-order valence-electron chi connectivity index (χ4n) is 1.05. The number of nitrogens with one attached hydrogen (secondary N) is 1. The first kappa shape index (κ1) is 8.44. The highest BCUT2D eigenvalue weighted by Gasteiger charge is 2.01. The van der Waals surface area contributed by atoms with E-state index in [1.54, 1.807) is 18.3 Å². The van der Waals surface area contributed by atoms with E-state index in [0.29, 0.717) is 0 Å². The molecule has 0 radical (unpaired) electrons. The van der Waals surface area contributed by atoms with Gasteiger partial charge in [0.15, 0.2) is 0 Å². The highest BCUT2D eigenvalue weighted by atomic mass is 79.9. The van der Waals surface area contributed by atoms with Gasteiger partial charge in [0.2, 0.25) is 0 Å². The number of hydrogen-bond acceptors (Lipinski definition) is 1. The monoisotopic (exact) mass is 240 g/mol. The van der Waals surface area contributed by atoms with Gasteiger partial charge >= 0.3 is 0 Å². The van der Waals surface area contributed by atoms with Crippen LogP contribution in [0.15, 0.2) is 35.1 Å². The van der Waals surface area contributed by atoms with Gasteiger partial charge in [0, 0.05) is 5.56 Å². The summed E-state index contributed by atoms with van der Waals surface area (Å²) < 4.78 is 13.4. The minimum atomic E-state index is -0.241. The first-order chi connectivity index (χ1) is 6.25. The molecular formula is C9H6BrFN2. The fourth-order valence-corrected chi connectivity index (χ4v) is 1.34. The van der Waals surface area contributed by atoms with Crippen LogP contribution in [0, 0.1) is 5.82 Å². The van der Waals surface area contributed by atoms with Crippen LogP contribution < -0.4 is 0 Å². The molecule has 0 amide bonds. The molecule has 0 bridgehead atoms. The van der Waals surface area contributed by atoms with Gasteiger partial charge in [-0.3, -0.25) is 0 Å². The minimum absolute atomic E-state index is 0.241. The highest BCUT2D eigenvalue weighted by Crippen LogP contribution is 2.17. The molecule has 1 heterocycles. The van der Waals surface area contributed by atoms with Gasteiger partial charge in [0.05, 0.1) is 6.20 Å². The Morgan fingerprint density at radius 3 is 2.46 bits per heavy atom. The first-order valence-electron chi connectivity index (χ1n) is 3.72. The topological polar surface area (TPSA) is 28.7 Å². The summed E-state index contributed by atoms with van der Waals surface area (Å²) in [6.45, 7) is 0. The maximum absolute atomic E-state index is 12.6. The van der Waals surface area contributed by atoms with Gasteiger partial charge in [-0.2, -0.15) is 0 Å². The third-order valence-electron chi connectivity index (χ3n) is 1.66. The summed E-state index contributed by atoms with van der Waals surface area (Å²) in [4.78, 5) is 7.09. The Bertz CT molecular complexity index is 408. The van der Waals surface area contributed by atoms with E-state index in [-0.39, 0.29) is 5.82 Å². The summed E-state index contributed by atoms with van der Waals surface area (Å²) in [5.41, 5.74) is 0.868. The summed E-state index contributed by atoms with van der Waals surface area (Å²) >= 11 is 3.25. The summed E-state index contributed by atoms with van der Waals surface area (Å²) in [6, 6.07) is 6.18. The lowest BCUT2D eigenvalue weighted by atomic mass is 10.2. The zero-order valence-corrected chi connectivity index (χ0v) is 8.18. The first-order valence-corrected chi connectivity index (χ1v) is 4.51. The summed E-state index contributed by atoms with van der Waals surface area (Å²) in [7, 11) is 0. The van der Waals surface area contributed by atoms with Gasteiger partial charge in [-0.15, -0.1) is 0 Å². The van der Waals surface area contributed by atoms with Gasteiger partial charge in [-0.1, -0.05) is 0 Å². The lowest BCUT2D eigenvalue weighted by molar-refractivity contribution is 0.628. The third kappa shape index (κ3) is 1.78. The van der Waals surface area contributed by atoms with Crippen molar-refractivity contribution in [2.24, 2.45) is 0 Å².